The van der Waals surface area contributed by atoms with Crippen LogP contribution in [-0.2, 0) is 6.54 Å². The van der Waals surface area contributed by atoms with Gasteiger partial charge in [-0.3, -0.25) is 9.88 Å². The lowest BCUT2D eigenvalue weighted by atomic mass is 10.1. The molecule has 0 radical (unpaired) electrons. The number of oxime groups is 1. The van der Waals surface area contributed by atoms with Crippen molar-refractivity contribution < 1.29 is 5.21 Å². The van der Waals surface area contributed by atoms with Gasteiger partial charge in [0.05, 0.1) is 0 Å². The van der Waals surface area contributed by atoms with Crippen molar-refractivity contribution in [1.82, 2.24) is 9.88 Å². The van der Waals surface area contributed by atoms with Gasteiger partial charge in [-0.05, 0) is 31.4 Å². The van der Waals surface area contributed by atoms with Gasteiger partial charge in [0.2, 0.25) is 0 Å². The zero-order valence-corrected chi connectivity index (χ0v) is 12.5. The third-order valence-electron chi connectivity index (χ3n) is 3.12. The third kappa shape index (κ3) is 4.40. The van der Waals surface area contributed by atoms with E-state index in [4.69, 9.17) is 10.9 Å². The molecule has 19 heavy (non-hydrogen) atoms. The minimum atomic E-state index is 0.0573. The van der Waals surface area contributed by atoms with Crippen LogP contribution in [0.5, 0.6) is 0 Å². The van der Waals surface area contributed by atoms with Gasteiger partial charge in [0.15, 0.2) is 5.84 Å². The number of pyridine rings is 1. The summed E-state index contributed by atoms with van der Waals surface area (Å²) in [5.41, 5.74) is 7.18. The van der Waals surface area contributed by atoms with Crippen LogP contribution in [0.1, 0.15) is 24.6 Å². The lowest BCUT2D eigenvalue weighted by Crippen LogP contribution is -2.33. The molecular formula is C13H22N4OS. The van der Waals surface area contributed by atoms with Crippen molar-refractivity contribution in [3.05, 3.63) is 29.6 Å². The van der Waals surface area contributed by atoms with Gasteiger partial charge in [-0.25, -0.2) is 0 Å². The molecule has 1 aromatic rings. The Morgan fingerprint density at radius 2 is 2.37 bits per heavy atom. The van der Waals surface area contributed by atoms with Crippen LogP contribution in [0.4, 0.5) is 0 Å². The largest absolute Gasteiger partial charge is 0.409 e. The molecular weight excluding hydrogens is 260 g/mol. The highest BCUT2D eigenvalue weighted by Crippen LogP contribution is 2.14. The van der Waals surface area contributed by atoms with Gasteiger partial charge in [0.25, 0.3) is 0 Å². The Morgan fingerprint density at radius 3 is 2.95 bits per heavy atom. The van der Waals surface area contributed by atoms with Gasteiger partial charge in [-0.2, -0.15) is 11.8 Å². The molecule has 1 heterocycles. The lowest BCUT2D eigenvalue weighted by molar-refractivity contribution is 0.247. The molecule has 1 aromatic heterocycles. The molecule has 1 atom stereocenters. The van der Waals surface area contributed by atoms with Crippen LogP contribution in [0.25, 0.3) is 0 Å². The fourth-order valence-electron chi connectivity index (χ4n) is 1.99. The number of thioether (sulfide) groups is 1. The second-order valence-electron chi connectivity index (χ2n) is 4.43. The van der Waals surface area contributed by atoms with Gasteiger partial charge in [0, 0.05) is 24.5 Å². The van der Waals surface area contributed by atoms with E-state index in [9.17, 15) is 0 Å². The standard InChI is InChI=1S/C13H22N4OS/c1-4-11(9-19-3)17(2)8-10-6-5-7-15-12(10)13(14)16-18/h5-7,11,18H,4,8-9H2,1-3H3,(H2,14,16). The summed E-state index contributed by atoms with van der Waals surface area (Å²) in [6.07, 6.45) is 4.86. The highest BCUT2D eigenvalue weighted by Gasteiger charge is 2.15. The minimum Gasteiger partial charge on any atom is -0.409 e. The smallest absolute Gasteiger partial charge is 0.189 e. The van der Waals surface area contributed by atoms with E-state index in [2.05, 4.69) is 35.3 Å². The van der Waals surface area contributed by atoms with Crippen LogP contribution in [0.3, 0.4) is 0 Å². The molecule has 3 N–H and O–H groups in total. The Balaban J connectivity index is 2.87. The highest BCUT2D eigenvalue weighted by atomic mass is 32.2. The summed E-state index contributed by atoms with van der Waals surface area (Å²) in [6, 6.07) is 4.34. The summed E-state index contributed by atoms with van der Waals surface area (Å²) in [4.78, 5) is 6.47. The maximum atomic E-state index is 8.79. The third-order valence-corrected chi connectivity index (χ3v) is 3.83. The average Bonchev–Trinajstić information content (AvgIpc) is 2.44. The maximum absolute atomic E-state index is 8.79. The van der Waals surface area contributed by atoms with Crippen molar-refractivity contribution in [3.8, 4) is 0 Å². The Bertz CT molecular complexity index is 425. The fourth-order valence-corrected chi connectivity index (χ4v) is 2.87. The summed E-state index contributed by atoms with van der Waals surface area (Å²) in [6.45, 7) is 2.92. The first-order valence-electron chi connectivity index (χ1n) is 6.25. The molecule has 0 aliphatic heterocycles. The van der Waals surface area contributed by atoms with Crippen LogP contribution >= 0.6 is 11.8 Å². The molecule has 1 rings (SSSR count). The molecule has 0 aliphatic carbocycles. The number of aromatic nitrogens is 1. The average molecular weight is 282 g/mol. The molecule has 6 heteroatoms. The molecule has 0 bridgehead atoms. The van der Waals surface area contributed by atoms with Gasteiger partial charge in [-0.15, -0.1) is 0 Å². The number of nitrogens with zero attached hydrogens (tertiary/aromatic N) is 3. The summed E-state index contributed by atoms with van der Waals surface area (Å²) in [7, 11) is 2.09. The topological polar surface area (TPSA) is 74.7 Å². The molecule has 0 aromatic carbocycles. The molecule has 5 nitrogen and oxygen atoms in total. The second-order valence-corrected chi connectivity index (χ2v) is 5.34. The summed E-state index contributed by atoms with van der Waals surface area (Å²) in [5, 5.41) is 11.8. The van der Waals surface area contributed by atoms with Crippen LogP contribution in [0, 0.1) is 0 Å². The molecule has 1 unspecified atom stereocenters. The summed E-state index contributed by atoms with van der Waals surface area (Å²) < 4.78 is 0. The van der Waals surface area contributed by atoms with E-state index in [0.717, 1.165) is 24.3 Å². The van der Waals surface area contributed by atoms with Crippen molar-refractivity contribution in [2.45, 2.75) is 25.9 Å². The van der Waals surface area contributed by atoms with E-state index in [1.807, 2.05) is 23.9 Å². The molecule has 0 spiro atoms. The lowest BCUT2D eigenvalue weighted by Gasteiger charge is -2.27. The first kappa shape index (κ1) is 15.8. The number of rotatable bonds is 7. The molecule has 0 saturated heterocycles. The normalized spacial score (nSPS) is 13.8. The van der Waals surface area contributed by atoms with Crippen LogP contribution in [0.15, 0.2) is 23.5 Å². The first-order chi connectivity index (χ1) is 9.13. The van der Waals surface area contributed by atoms with Crippen molar-refractivity contribution in [3.63, 3.8) is 0 Å². The van der Waals surface area contributed by atoms with Gasteiger partial charge >= 0.3 is 0 Å². The predicted octanol–water partition coefficient (Wildman–Crippen LogP) is 1.75. The van der Waals surface area contributed by atoms with Gasteiger partial charge in [-0.1, -0.05) is 18.1 Å². The monoisotopic (exact) mass is 282 g/mol. The number of amidine groups is 1. The molecule has 0 fully saturated rings. The SMILES string of the molecule is CCC(CSC)N(C)Cc1cccnc1/C(N)=N/O. The van der Waals surface area contributed by atoms with Crippen molar-refractivity contribution >= 4 is 17.6 Å². The van der Waals surface area contributed by atoms with E-state index in [-0.39, 0.29) is 5.84 Å². The molecule has 0 saturated carbocycles. The maximum Gasteiger partial charge on any atom is 0.189 e. The first-order valence-corrected chi connectivity index (χ1v) is 7.64. The number of hydrogen-bond acceptors (Lipinski definition) is 5. The molecule has 0 aliphatic rings. The zero-order chi connectivity index (χ0) is 14.3. The van der Waals surface area contributed by atoms with Crippen LogP contribution in [-0.4, -0.2) is 46.0 Å². The second kappa shape index (κ2) is 8.01. The van der Waals surface area contributed by atoms with Gasteiger partial charge < -0.3 is 10.9 Å². The Labute approximate surface area is 118 Å². The van der Waals surface area contributed by atoms with Crippen molar-refractivity contribution in [2.24, 2.45) is 10.9 Å². The summed E-state index contributed by atoms with van der Waals surface area (Å²) in [5.74, 6) is 1.15. The van der Waals surface area contributed by atoms with E-state index >= 15 is 0 Å². The molecule has 0 amide bonds. The Kier molecular flexibility index (Phi) is 6.66. The van der Waals surface area contributed by atoms with Gasteiger partial charge in [0.1, 0.15) is 5.69 Å². The van der Waals surface area contributed by atoms with Crippen LogP contribution in [0.2, 0.25) is 0 Å². The Morgan fingerprint density at radius 1 is 1.63 bits per heavy atom. The fraction of sp³-hybridized carbons (Fsp3) is 0.538. The number of hydrogen-bond donors (Lipinski definition) is 2. The van der Waals surface area contributed by atoms with Crippen LogP contribution < -0.4 is 5.73 Å². The van der Waals surface area contributed by atoms with Crippen molar-refractivity contribution in [2.75, 3.05) is 19.1 Å². The minimum absolute atomic E-state index is 0.0573. The summed E-state index contributed by atoms with van der Waals surface area (Å²) >= 11 is 1.84. The predicted molar refractivity (Wildman–Crippen MR) is 80.7 cm³/mol. The van der Waals surface area contributed by atoms with Crippen molar-refractivity contribution in [1.29, 1.82) is 0 Å². The van der Waals surface area contributed by atoms with E-state index < -0.39 is 0 Å². The molecule has 106 valence electrons. The quantitative estimate of drug-likeness (QED) is 0.345. The number of nitrogens with two attached hydrogens (primary N) is 1. The van der Waals surface area contributed by atoms with E-state index in [1.54, 1.807) is 6.20 Å². The van der Waals surface area contributed by atoms with E-state index in [1.165, 1.54) is 0 Å². The van der Waals surface area contributed by atoms with E-state index in [0.29, 0.717) is 11.7 Å². The zero-order valence-electron chi connectivity index (χ0n) is 11.7. The highest BCUT2D eigenvalue weighted by molar-refractivity contribution is 7.98. The Hall–Kier alpha value is -1.27.